The Morgan fingerprint density at radius 3 is 2.77 bits per heavy atom. The first-order valence-electron chi connectivity index (χ1n) is 4.25. The summed E-state index contributed by atoms with van der Waals surface area (Å²) in [6, 6.07) is 0.0156. The maximum Gasteiger partial charge on any atom is 0.303 e. The van der Waals surface area contributed by atoms with Crippen molar-refractivity contribution >= 4 is 11.9 Å². The van der Waals surface area contributed by atoms with Gasteiger partial charge in [-0.1, -0.05) is 12.2 Å². The van der Waals surface area contributed by atoms with E-state index in [9.17, 15) is 9.59 Å². The predicted molar refractivity (Wildman–Crippen MR) is 47.1 cm³/mol. The van der Waals surface area contributed by atoms with Gasteiger partial charge in [-0.05, 0) is 12.3 Å². The van der Waals surface area contributed by atoms with Crippen LogP contribution < -0.4 is 5.32 Å². The Bertz CT molecular complexity index is 223. The van der Waals surface area contributed by atoms with E-state index in [2.05, 4.69) is 5.32 Å². The van der Waals surface area contributed by atoms with Crippen molar-refractivity contribution in [3.8, 4) is 0 Å². The maximum absolute atomic E-state index is 10.7. The van der Waals surface area contributed by atoms with Crippen LogP contribution in [0.25, 0.3) is 0 Å². The minimum atomic E-state index is -0.793. The number of hydrogen-bond acceptors (Lipinski definition) is 2. The third kappa shape index (κ3) is 3.27. The molecule has 0 aromatic heterocycles. The average Bonchev–Trinajstić information content (AvgIpc) is 2.33. The lowest BCUT2D eigenvalue weighted by molar-refractivity contribution is -0.137. The van der Waals surface area contributed by atoms with Crippen LogP contribution in [0.1, 0.15) is 19.8 Å². The van der Waals surface area contributed by atoms with E-state index in [1.807, 2.05) is 12.2 Å². The molecule has 1 aliphatic carbocycles. The molecule has 0 fully saturated rings. The van der Waals surface area contributed by atoms with Gasteiger partial charge in [-0.2, -0.15) is 0 Å². The topological polar surface area (TPSA) is 66.4 Å². The summed E-state index contributed by atoms with van der Waals surface area (Å²) in [5.41, 5.74) is 0. The SMILES string of the molecule is CC(=O)N[C@@H]1C=C[C@H](CC(=O)O)C1. The summed E-state index contributed by atoms with van der Waals surface area (Å²) >= 11 is 0. The fourth-order valence-electron chi connectivity index (χ4n) is 1.52. The fourth-order valence-corrected chi connectivity index (χ4v) is 1.52. The number of rotatable bonds is 3. The van der Waals surface area contributed by atoms with Gasteiger partial charge in [0.05, 0.1) is 6.42 Å². The summed E-state index contributed by atoms with van der Waals surface area (Å²) in [7, 11) is 0. The average molecular weight is 183 g/mol. The number of carboxylic acid groups (broad SMARTS) is 1. The molecule has 0 unspecified atom stereocenters. The summed E-state index contributed by atoms with van der Waals surface area (Å²) < 4.78 is 0. The van der Waals surface area contributed by atoms with Crippen molar-refractivity contribution in [2.75, 3.05) is 0 Å². The van der Waals surface area contributed by atoms with Gasteiger partial charge in [0.25, 0.3) is 0 Å². The molecule has 2 N–H and O–H groups in total. The van der Waals surface area contributed by atoms with Crippen LogP contribution in [0.3, 0.4) is 0 Å². The monoisotopic (exact) mass is 183 g/mol. The summed E-state index contributed by atoms with van der Waals surface area (Å²) in [5, 5.41) is 11.2. The molecule has 1 aliphatic rings. The van der Waals surface area contributed by atoms with Crippen molar-refractivity contribution in [1.29, 1.82) is 0 Å². The van der Waals surface area contributed by atoms with Crippen LogP contribution in [0.2, 0.25) is 0 Å². The Morgan fingerprint density at radius 2 is 2.23 bits per heavy atom. The van der Waals surface area contributed by atoms with E-state index in [0.29, 0.717) is 6.42 Å². The van der Waals surface area contributed by atoms with Crippen molar-refractivity contribution in [3.05, 3.63) is 12.2 Å². The Kier molecular flexibility index (Phi) is 3.06. The van der Waals surface area contributed by atoms with Gasteiger partial charge in [-0.15, -0.1) is 0 Å². The second-order valence-corrected chi connectivity index (χ2v) is 3.29. The van der Waals surface area contributed by atoms with Gasteiger partial charge in [0.1, 0.15) is 0 Å². The number of aliphatic carboxylic acids is 1. The van der Waals surface area contributed by atoms with Crippen molar-refractivity contribution in [2.24, 2.45) is 5.92 Å². The van der Waals surface area contributed by atoms with Crippen molar-refractivity contribution in [1.82, 2.24) is 5.32 Å². The largest absolute Gasteiger partial charge is 0.481 e. The Balaban J connectivity index is 2.33. The minimum absolute atomic E-state index is 0.0156. The van der Waals surface area contributed by atoms with Crippen LogP contribution in [0.15, 0.2) is 12.2 Å². The molecule has 4 nitrogen and oxygen atoms in total. The van der Waals surface area contributed by atoms with E-state index in [4.69, 9.17) is 5.11 Å². The highest BCUT2D eigenvalue weighted by Crippen LogP contribution is 2.20. The Hall–Kier alpha value is -1.32. The first-order valence-corrected chi connectivity index (χ1v) is 4.25. The summed E-state index contributed by atoms with van der Waals surface area (Å²) in [4.78, 5) is 21.0. The van der Waals surface area contributed by atoms with E-state index in [1.54, 1.807) is 0 Å². The summed E-state index contributed by atoms with van der Waals surface area (Å²) in [6.45, 7) is 1.46. The lowest BCUT2D eigenvalue weighted by Crippen LogP contribution is -2.30. The van der Waals surface area contributed by atoms with Crippen molar-refractivity contribution in [3.63, 3.8) is 0 Å². The number of carbonyl (C=O) groups is 2. The molecule has 0 radical (unpaired) electrons. The molecule has 0 aliphatic heterocycles. The highest BCUT2D eigenvalue weighted by Gasteiger charge is 2.21. The first-order chi connectivity index (χ1) is 6.08. The molecular formula is C9H13NO3. The van der Waals surface area contributed by atoms with Gasteiger partial charge in [-0.25, -0.2) is 0 Å². The minimum Gasteiger partial charge on any atom is -0.481 e. The molecule has 0 spiro atoms. The van der Waals surface area contributed by atoms with Crippen LogP contribution in [-0.2, 0) is 9.59 Å². The van der Waals surface area contributed by atoms with Crippen LogP contribution in [0, 0.1) is 5.92 Å². The van der Waals surface area contributed by atoms with Gasteiger partial charge in [-0.3, -0.25) is 9.59 Å². The third-order valence-electron chi connectivity index (χ3n) is 2.00. The molecule has 0 aromatic carbocycles. The summed E-state index contributed by atoms with van der Waals surface area (Å²) in [6.07, 6.45) is 4.56. The molecule has 1 rings (SSSR count). The van der Waals surface area contributed by atoms with Crippen molar-refractivity contribution < 1.29 is 14.7 Å². The first kappa shape index (κ1) is 9.77. The third-order valence-corrected chi connectivity index (χ3v) is 2.00. The Morgan fingerprint density at radius 1 is 1.54 bits per heavy atom. The molecule has 1 amide bonds. The highest BCUT2D eigenvalue weighted by atomic mass is 16.4. The number of allylic oxidation sites excluding steroid dienone is 1. The lowest BCUT2D eigenvalue weighted by Gasteiger charge is -2.10. The maximum atomic E-state index is 10.7. The fraction of sp³-hybridized carbons (Fsp3) is 0.556. The van der Waals surface area contributed by atoms with Gasteiger partial charge in [0.15, 0.2) is 0 Å². The van der Waals surface area contributed by atoms with Gasteiger partial charge in [0, 0.05) is 13.0 Å². The molecule has 72 valence electrons. The molecule has 0 aromatic rings. The zero-order valence-corrected chi connectivity index (χ0v) is 7.49. The number of nitrogens with one attached hydrogen (secondary N) is 1. The second-order valence-electron chi connectivity index (χ2n) is 3.29. The van der Waals surface area contributed by atoms with Crippen LogP contribution in [0.4, 0.5) is 0 Å². The van der Waals surface area contributed by atoms with Crippen molar-refractivity contribution in [2.45, 2.75) is 25.8 Å². The number of carboxylic acids is 1. The number of hydrogen-bond donors (Lipinski definition) is 2. The Labute approximate surface area is 76.6 Å². The highest BCUT2D eigenvalue weighted by molar-refractivity contribution is 5.73. The van der Waals surface area contributed by atoms with Gasteiger partial charge >= 0.3 is 5.97 Å². The second kappa shape index (κ2) is 4.07. The van der Waals surface area contributed by atoms with E-state index in [0.717, 1.165) is 0 Å². The normalized spacial score (nSPS) is 25.9. The molecule has 0 heterocycles. The molecule has 13 heavy (non-hydrogen) atoms. The van der Waals surface area contributed by atoms with Crippen LogP contribution >= 0.6 is 0 Å². The molecule has 2 atom stereocenters. The zero-order valence-electron chi connectivity index (χ0n) is 7.49. The van der Waals surface area contributed by atoms with E-state index >= 15 is 0 Å². The molecular weight excluding hydrogens is 170 g/mol. The summed E-state index contributed by atoms with van der Waals surface area (Å²) in [5.74, 6) is -0.807. The number of carbonyl (C=O) groups excluding carboxylic acids is 1. The zero-order chi connectivity index (χ0) is 9.84. The number of amides is 1. The van der Waals surface area contributed by atoms with E-state index in [-0.39, 0.29) is 24.3 Å². The molecule has 4 heteroatoms. The smallest absolute Gasteiger partial charge is 0.303 e. The predicted octanol–water partition coefficient (Wildman–Crippen LogP) is 0.542. The lowest BCUT2D eigenvalue weighted by atomic mass is 10.0. The van der Waals surface area contributed by atoms with Gasteiger partial charge < -0.3 is 10.4 Å². The molecule has 0 bridgehead atoms. The van der Waals surface area contributed by atoms with E-state index in [1.165, 1.54) is 6.92 Å². The van der Waals surface area contributed by atoms with E-state index < -0.39 is 5.97 Å². The quantitative estimate of drug-likeness (QED) is 0.627. The standard InChI is InChI=1S/C9H13NO3/c1-6(11)10-8-3-2-7(4-8)5-9(12)13/h2-3,7-8H,4-5H2,1H3,(H,10,11)(H,12,13)/t7-,8+/m0/s1. The van der Waals surface area contributed by atoms with Crippen LogP contribution in [0.5, 0.6) is 0 Å². The van der Waals surface area contributed by atoms with Crippen LogP contribution in [-0.4, -0.2) is 23.0 Å². The molecule has 0 saturated carbocycles. The van der Waals surface area contributed by atoms with Gasteiger partial charge in [0.2, 0.25) is 5.91 Å². The molecule has 0 saturated heterocycles.